The third kappa shape index (κ3) is 4.00. The van der Waals surface area contributed by atoms with Crippen molar-refractivity contribution >= 4 is 22.4 Å². The third-order valence-corrected chi connectivity index (χ3v) is 4.00. The van der Waals surface area contributed by atoms with E-state index in [1.807, 2.05) is 55.5 Å². The van der Waals surface area contributed by atoms with Gasteiger partial charge in [0, 0.05) is 10.9 Å². The van der Waals surface area contributed by atoms with Crippen molar-refractivity contribution in [2.24, 2.45) is 5.10 Å². The maximum atomic E-state index is 11.9. The van der Waals surface area contributed by atoms with Gasteiger partial charge in [0.05, 0.1) is 5.71 Å². The molecule has 3 aromatic carbocycles. The minimum Gasteiger partial charge on any atom is -0.507 e. The van der Waals surface area contributed by atoms with Crippen LogP contribution in [-0.4, -0.2) is 23.3 Å². The highest BCUT2D eigenvalue weighted by Gasteiger charge is 2.09. The number of nitrogens with one attached hydrogen (secondary N) is 1. The van der Waals surface area contributed by atoms with Crippen LogP contribution in [0.15, 0.2) is 65.8 Å². The van der Waals surface area contributed by atoms with Crippen LogP contribution < -0.4 is 10.2 Å². The lowest BCUT2D eigenvalue weighted by molar-refractivity contribution is -0.123. The molecule has 5 nitrogen and oxygen atoms in total. The number of nitrogens with zero attached hydrogens (tertiary/aromatic N) is 1. The number of hydrazone groups is 1. The summed E-state index contributed by atoms with van der Waals surface area (Å²) in [5.41, 5.74) is 4.60. The Morgan fingerprint density at radius 2 is 1.92 bits per heavy atom. The molecule has 0 aromatic heterocycles. The van der Waals surface area contributed by atoms with Crippen molar-refractivity contribution in [1.29, 1.82) is 0 Å². The predicted molar refractivity (Wildman–Crippen MR) is 103 cm³/mol. The zero-order chi connectivity index (χ0) is 18.5. The van der Waals surface area contributed by atoms with Crippen molar-refractivity contribution in [3.05, 3.63) is 71.8 Å². The van der Waals surface area contributed by atoms with Gasteiger partial charge >= 0.3 is 0 Å². The Kier molecular flexibility index (Phi) is 5.17. The van der Waals surface area contributed by atoms with Gasteiger partial charge in [0.1, 0.15) is 11.5 Å². The first-order valence-corrected chi connectivity index (χ1v) is 8.28. The Morgan fingerprint density at radius 3 is 2.73 bits per heavy atom. The fourth-order valence-electron chi connectivity index (χ4n) is 2.64. The van der Waals surface area contributed by atoms with Gasteiger partial charge in [-0.2, -0.15) is 5.10 Å². The highest BCUT2D eigenvalue weighted by Crippen LogP contribution is 2.28. The molecule has 0 saturated carbocycles. The molecule has 0 aliphatic heterocycles. The lowest BCUT2D eigenvalue weighted by atomic mass is 10.0. The fourth-order valence-corrected chi connectivity index (χ4v) is 2.64. The first-order valence-electron chi connectivity index (χ1n) is 8.28. The molecule has 3 rings (SSSR count). The van der Waals surface area contributed by atoms with Gasteiger partial charge in [-0.3, -0.25) is 4.79 Å². The summed E-state index contributed by atoms with van der Waals surface area (Å²) in [6.07, 6.45) is 0. The maximum absolute atomic E-state index is 11.9. The molecule has 0 aliphatic carbocycles. The molecule has 5 heteroatoms. The molecule has 0 atom stereocenters. The molecule has 132 valence electrons. The van der Waals surface area contributed by atoms with Gasteiger partial charge in [-0.1, -0.05) is 42.5 Å². The van der Waals surface area contributed by atoms with Gasteiger partial charge in [0.2, 0.25) is 0 Å². The number of carbonyl (C=O) groups is 1. The Morgan fingerprint density at radius 1 is 1.12 bits per heavy atom. The Labute approximate surface area is 151 Å². The van der Waals surface area contributed by atoms with E-state index >= 15 is 0 Å². The van der Waals surface area contributed by atoms with Gasteiger partial charge in [0.25, 0.3) is 5.91 Å². The summed E-state index contributed by atoms with van der Waals surface area (Å²) in [6, 6.07) is 18.7. The quantitative estimate of drug-likeness (QED) is 0.545. The number of aryl methyl sites for hydroxylation is 1. The van der Waals surface area contributed by atoms with Crippen molar-refractivity contribution in [2.45, 2.75) is 13.8 Å². The average Bonchev–Trinajstić information content (AvgIpc) is 2.65. The first kappa shape index (κ1) is 17.5. The van der Waals surface area contributed by atoms with E-state index in [9.17, 15) is 9.90 Å². The zero-order valence-corrected chi connectivity index (χ0v) is 14.7. The van der Waals surface area contributed by atoms with E-state index in [4.69, 9.17) is 4.74 Å². The summed E-state index contributed by atoms with van der Waals surface area (Å²) in [6.45, 7) is 3.55. The first-order chi connectivity index (χ1) is 12.5. The van der Waals surface area contributed by atoms with Crippen LogP contribution in [0.1, 0.15) is 18.1 Å². The smallest absolute Gasteiger partial charge is 0.277 e. The molecular formula is C21H20N2O3. The molecule has 0 aliphatic rings. The number of phenolic OH excluding ortho intramolecular Hbond substituents is 1. The van der Waals surface area contributed by atoms with E-state index < -0.39 is 0 Å². The van der Waals surface area contributed by atoms with Crippen LogP contribution in [0.3, 0.4) is 0 Å². The van der Waals surface area contributed by atoms with E-state index in [0.29, 0.717) is 17.0 Å². The van der Waals surface area contributed by atoms with Crippen LogP contribution >= 0.6 is 0 Å². The molecular weight excluding hydrogens is 328 g/mol. The third-order valence-electron chi connectivity index (χ3n) is 4.00. The van der Waals surface area contributed by atoms with E-state index in [0.717, 1.165) is 16.3 Å². The summed E-state index contributed by atoms with van der Waals surface area (Å²) >= 11 is 0. The van der Waals surface area contributed by atoms with E-state index in [1.165, 1.54) is 0 Å². The number of phenols is 1. The molecule has 0 saturated heterocycles. The fraction of sp³-hybridized carbons (Fsp3) is 0.143. The Hall–Kier alpha value is -3.34. The molecule has 2 N–H and O–H groups in total. The van der Waals surface area contributed by atoms with E-state index in [2.05, 4.69) is 10.5 Å². The number of fused-ring (bicyclic) bond motifs is 1. The highest BCUT2D eigenvalue weighted by atomic mass is 16.5. The number of carbonyl (C=O) groups excluding carboxylic acids is 1. The summed E-state index contributed by atoms with van der Waals surface area (Å²) in [5.74, 6) is 0.411. The maximum Gasteiger partial charge on any atom is 0.277 e. The van der Waals surface area contributed by atoms with Gasteiger partial charge in [-0.15, -0.1) is 0 Å². The number of rotatable bonds is 5. The van der Waals surface area contributed by atoms with E-state index in [1.54, 1.807) is 19.1 Å². The predicted octanol–water partition coefficient (Wildman–Crippen LogP) is 3.77. The normalized spacial score (nSPS) is 11.4. The summed E-state index contributed by atoms with van der Waals surface area (Å²) in [7, 11) is 0. The second-order valence-electron chi connectivity index (χ2n) is 6.02. The minimum absolute atomic E-state index is 0.135. The van der Waals surface area contributed by atoms with E-state index in [-0.39, 0.29) is 18.3 Å². The number of hydrogen-bond acceptors (Lipinski definition) is 4. The Bertz CT molecular complexity index is 980. The Balaban J connectivity index is 1.66. The summed E-state index contributed by atoms with van der Waals surface area (Å²) in [5, 5.41) is 16.2. The number of amides is 1. The van der Waals surface area contributed by atoms with Crippen molar-refractivity contribution < 1.29 is 14.6 Å². The lowest BCUT2D eigenvalue weighted by Crippen LogP contribution is -2.25. The SMILES string of the molecule is CC(=NNC(=O)COc1cccc(C)c1)c1ccc2ccccc2c1O. The van der Waals surface area contributed by atoms with Crippen LogP contribution in [0.2, 0.25) is 0 Å². The van der Waals surface area contributed by atoms with Crippen molar-refractivity contribution in [1.82, 2.24) is 5.43 Å². The highest BCUT2D eigenvalue weighted by molar-refractivity contribution is 6.06. The second-order valence-corrected chi connectivity index (χ2v) is 6.02. The minimum atomic E-state index is -0.369. The molecule has 0 radical (unpaired) electrons. The van der Waals surface area contributed by atoms with Crippen LogP contribution in [0, 0.1) is 6.92 Å². The lowest BCUT2D eigenvalue weighted by Gasteiger charge is -2.09. The molecule has 3 aromatic rings. The molecule has 0 fully saturated rings. The van der Waals surface area contributed by atoms with Gasteiger partial charge in [0.15, 0.2) is 6.61 Å². The van der Waals surface area contributed by atoms with Crippen LogP contribution in [-0.2, 0) is 4.79 Å². The number of ether oxygens (including phenoxy) is 1. The van der Waals surface area contributed by atoms with Crippen molar-refractivity contribution in [2.75, 3.05) is 6.61 Å². The molecule has 0 heterocycles. The summed E-state index contributed by atoms with van der Waals surface area (Å²) < 4.78 is 5.44. The van der Waals surface area contributed by atoms with Crippen LogP contribution in [0.25, 0.3) is 10.8 Å². The zero-order valence-electron chi connectivity index (χ0n) is 14.7. The largest absolute Gasteiger partial charge is 0.507 e. The second kappa shape index (κ2) is 7.70. The summed E-state index contributed by atoms with van der Waals surface area (Å²) in [4.78, 5) is 11.9. The van der Waals surface area contributed by atoms with Crippen molar-refractivity contribution in [3.63, 3.8) is 0 Å². The van der Waals surface area contributed by atoms with Crippen molar-refractivity contribution in [3.8, 4) is 11.5 Å². The molecule has 0 bridgehead atoms. The standard InChI is InChI=1S/C21H20N2O3/c1-14-6-5-8-17(12-14)26-13-20(24)23-22-15(2)18-11-10-16-7-3-4-9-19(16)21(18)25/h3-12,25H,13H2,1-2H3,(H,23,24). The molecule has 0 spiro atoms. The average molecular weight is 348 g/mol. The molecule has 0 unspecified atom stereocenters. The van der Waals surface area contributed by atoms with Crippen LogP contribution in [0.5, 0.6) is 11.5 Å². The number of aromatic hydroxyl groups is 1. The van der Waals surface area contributed by atoms with Gasteiger partial charge < -0.3 is 9.84 Å². The number of hydrogen-bond donors (Lipinski definition) is 2. The monoisotopic (exact) mass is 348 g/mol. The molecule has 1 amide bonds. The van der Waals surface area contributed by atoms with Crippen LogP contribution in [0.4, 0.5) is 0 Å². The van der Waals surface area contributed by atoms with Gasteiger partial charge in [-0.05, 0) is 43.0 Å². The number of benzene rings is 3. The topological polar surface area (TPSA) is 70.9 Å². The van der Waals surface area contributed by atoms with Gasteiger partial charge in [-0.25, -0.2) is 5.43 Å². The molecule has 26 heavy (non-hydrogen) atoms.